The van der Waals surface area contributed by atoms with E-state index in [0.717, 1.165) is 0 Å². The van der Waals surface area contributed by atoms with E-state index in [9.17, 15) is 0 Å². The maximum Gasteiger partial charge on any atom is 0.0108 e. The second kappa shape index (κ2) is 11.0. The van der Waals surface area contributed by atoms with Crippen molar-refractivity contribution in [2.45, 2.75) is 53.9 Å². The number of hydrogen-bond donors (Lipinski definition) is 0. The van der Waals surface area contributed by atoms with Gasteiger partial charge in [-0.1, -0.05) is 45.9 Å². The van der Waals surface area contributed by atoms with Crippen LogP contribution in [0.5, 0.6) is 0 Å². The number of benzene rings is 1. The summed E-state index contributed by atoms with van der Waals surface area (Å²) in [5, 5.41) is 0. The van der Waals surface area contributed by atoms with Crippen molar-refractivity contribution < 1.29 is 0 Å². The molecule has 0 N–H and O–H groups in total. The summed E-state index contributed by atoms with van der Waals surface area (Å²) >= 11 is 4.64. The van der Waals surface area contributed by atoms with Gasteiger partial charge in [0.25, 0.3) is 0 Å². The summed E-state index contributed by atoms with van der Waals surface area (Å²) < 4.78 is 0. The summed E-state index contributed by atoms with van der Waals surface area (Å²) in [6.45, 7) is 12.9. The molecule has 0 saturated carbocycles. The van der Waals surface area contributed by atoms with Crippen LogP contribution in [0, 0.1) is 13.8 Å². The molecule has 1 atom stereocenters. The standard InChI is InChI=1S/C12H18.C2H6.CH3Cl/c1-5-9(2)12-7-6-10(3)11(4)8-12;2*1-2/h6-9H,5H2,1-4H3;1-2H3;1H3. The lowest BCUT2D eigenvalue weighted by Gasteiger charge is -2.10. The third-order valence-corrected chi connectivity index (χ3v) is 2.71. The van der Waals surface area contributed by atoms with Gasteiger partial charge in [-0.2, -0.15) is 0 Å². The monoisotopic (exact) mass is 242 g/mol. The van der Waals surface area contributed by atoms with Crippen LogP contribution in [-0.2, 0) is 0 Å². The Morgan fingerprint density at radius 3 is 1.94 bits per heavy atom. The van der Waals surface area contributed by atoms with Crippen LogP contribution in [0.3, 0.4) is 0 Å². The molecule has 0 bridgehead atoms. The molecule has 1 rings (SSSR count). The number of halogens is 1. The molecule has 0 amide bonds. The van der Waals surface area contributed by atoms with Gasteiger partial charge in [-0.25, -0.2) is 0 Å². The molecule has 0 spiro atoms. The van der Waals surface area contributed by atoms with E-state index in [0.29, 0.717) is 5.92 Å². The molecule has 0 nitrogen and oxygen atoms in total. The minimum Gasteiger partial charge on any atom is -0.130 e. The predicted molar refractivity (Wildman–Crippen MR) is 77.7 cm³/mol. The largest absolute Gasteiger partial charge is 0.130 e. The fourth-order valence-corrected chi connectivity index (χ4v) is 1.31. The minimum atomic E-state index is 0.698. The summed E-state index contributed by atoms with van der Waals surface area (Å²) in [5.41, 5.74) is 4.27. The van der Waals surface area contributed by atoms with E-state index in [2.05, 4.69) is 57.5 Å². The van der Waals surface area contributed by atoms with Crippen molar-refractivity contribution in [1.29, 1.82) is 0 Å². The van der Waals surface area contributed by atoms with Crippen molar-refractivity contribution in [2.24, 2.45) is 0 Å². The highest BCUT2D eigenvalue weighted by molar-refractivity contribution is 6.15. The molecule has 0 heterocycles. The van der Waals surface area contributed by atoms with Crippen LogP contribution in [-0.4, -0.2) is 6.38 Å². The van der Waals surface area contributed by atoms with Crippen LogP contribution in [0.15, 0.2) is 18.2 Å². The zero-order valence-electron chi connectivity index (χ0n) is 11.9. The Morgan fingerprint density at radius 1 is 1.06 bits per heavy atom. The molecule has 0 fully saturated rings. The predicted octanol–water partition coefficient (Wildman–Crippen LogP) is 5.70. The van der Waals surface area contributed by atoms with E-state index >= 15 is 0 Å². The lowest BCUT2D eigenvalue weighted by molar-refractivity contribution is 0.732. The van der Waals surface area contributed by atoms with Gasteiger partial charge in [0.2, 0.25) is 0 Å². The first-order valence-corrected chi connectivity index (χ1v) is 6.85. The van der Waals surface area contributed by atoms with Gasteiger partial charge in [0.05, 0.1) is 0 Å². The van der Waals surface area contributed by atoms with E-state index in [-0.39, 0.29) is 0 Å². The van der Waals surface area contributed by atoms with E-state index in [1.807, 2.05) is 13.8 Å². The Morgan fingerprint density at radius 2 is 1.56 bits per heavy atom. The molecule has 94 valence electrons. The van der Waals surface area contributed by atoms with Gasteiger partial charge in [-0.15, -0.1) is 11.6 Å². The highest BCUT2D eigenvalue weighted by Crippen LogP contribution is 2.20. The summed E-state index contributed by atoms with van der Waals surface area (Å²) in [4.78, 5) is 0. The van der Waals surface area contributed by atoms with Crippen molar-refractivity contribution in [2.75, 3.05) is 6.38 Å². The van der Waals surface area contributed by atoms with Crippen LogP contribution in [0.1, 0.15) is 56.7 Å². The minimum absolute atomic E-state index is 0.698. The van der Waals surface area contributed by atoms with E-state index in [1.165, 1.54) is 29.5 Å². The molecule has 0 aliphatic rings. The maximum atomic E-state index is 4.64. The Hall–Kier alpha value is -0.490. The molecule has 1 aromatic rings. The average molecular weight is 243 g/mol. The van der Waals surface area contributed by atoms with Gasteiger partial charge in [-0.3, -0.25) is 0 Å². The van der Waals surface area contributed by atoms with Crippen molar-refractivity contribution >= 4 is 11.6 Å². The van der Waals surface area contributed by atoms with Crippen molar-refractivity contribution in [1.82, 2.24) is 0 Å². The Kier molecular flexibility index (Phi) is 12.3. The zero-order chi connectivity index (χ0) is 13.1. The number of aryl methyl sites for hydroxylation is 2. The van der Waals surface area contributed by atoms with Crippen LogP contribution < -0.4 is 0 Å². The molecule has 0 radical (unpaired) electrons. The third-order valence-electron chi connectivity index (χ3n) is 2.71. The molecule has 16 heavy (non-hydrogen) atoms. The quantitative estimate of drug-likeness (QED) is 0.584. The van der Waals surface area contributed by atoms with Gasteiger partial charge >= 0.3 is 0 Å². The Labute approximate surface area is 107 Å². The molecule has 1 unspecified atom stereocenters. The zero-order valence-corrected chi connectivity index (χ0v) is 12.7. The average Bonchev–Trinajstić information content (AvgIpc) is 2.36. The fraction of sp³-hybridized carbons (Fsp3) is 0.600. The Bertz CT molecular complexity index is 266. The number of hydrogen-bond acceptors (Lipinski definition) is 0. The molecule has 1 heteroatoms. The number of alkyl halides is 1. The first-order chi connectivity index (χ1) is 7.65. The van der Waals surface area contributed by atoms with Gasteiger partial charge < -0.3 is 0 Å². The van der Waals surface area contributed by atoms with Gasteiger partial charge in [0.15, 0.2) is 0 Å². The highest BCUT2D eigenvalue weighted by Gasteiger charge is 2.02. The second-order valence-corrected chi connectivity index (χ2v) is 3.65. The van der Waals surface area contributed by atoms with Crippen LogP contribution in [0.25, 0.3) is 0 Å². The lowest BCUT2D eigenvalue weighted by atomic mass is 9.95. The van der Waals surface area contributed by atoms with Gasteiger partial charge in [-0.05, 0) is 42.9 Å². The normalized spacial score (nSPS) is 10.5. The second-order valence-electron chi connectivity index (χ2n) is 3.65. The van der Waals surface area contributed by atoms with Crippen molar-refractivity contribution in [3.63, 3.8) is 0 Å². The molecule has 1 aromatic carbocycles. The molecule has 0 aliphatic heterocycles. The summed E-state index contributed by atoms with van der Waals surface area (Å²) in [6, 6.07) is 6.77. The van der Waals surface area contributed by atoms with E-state index in [4.69, 9.17) is 0 Å². The molecule has 0 aromatic heterocycles. The van der Waals surface area contributed by atoms with Crippen LogP contribution in [0.4, 0.5) is 0 Å². The highest BCUT2D eigenvalue weighted by atomic mass is 35.5. The SMILES string of the molecule is CC.CCC(C)c1ccc(C)c(C)c1.CCl. The van der Waals surface area contributed by atoms with Crippen LogP contribution >= 0.6 is 11.6 Å². The fourth-order valence-electron chi connectivity index (χ4n) is 1.31. The Balaban J connectivity index is 0. The van der Waals surface area contributed by atoms with Gasteiger partial charge in [0, 0.05) is 6.38 Å². The van der Waals surface area contributed by atoms with Crippen LogP contribution in [0.2, 0.25) is 0 Å². The molecular weight excluding hydrogens is 216 g/mol. The first kappa shape index (κ1) is 17.9. The third kappa shape index (κ3) is 6.17. The molecule has 0 aliphatic carbocycles. The summed E-state index contributed by atoms with van der Waals surface area (Å²) in [5.74, 6) is 0.698. The first-order valence-electron chi connectivity index (χ1n) is 6.10. The van der Waals surface area contributed by atoms with E-state index < -0.39 is 0 Å². The molecular formula is C15H27Cl. The van der Waals surface area contributed by atoms with Crippen molar-refractivity contribution in [3.8, 4) is 0 Å². The maximum absolute atomic E-state index is 4.64. The summed E-state index contributed by atoms with van der Waals surface area (Å²) in [6.07, 6.45) is 2.70. The topological polar surface area (TPSA) is 0 Å². The number of rotatable bonds is 2. The van der Waals surface area contributed by atoms with Gasteiger partial charge in [0.1, 0.15) is 0 Å². The summed E-state index contributed by atoms with van der Waals surface area (Å²) in [7, 11) is 0. The van der Waals surface area contributed by atoms with Crippen molar-refractivity contribution in [3.05, 3.63) is 34.9 Å². The molecule has 0 saturated heterocycles. The smallest absolute Gasteiger partial charge is 0.0108 e. The lowest BCUT2D eigenvalue weighted by Crippen LogP contribution is -1.92. The van der Waals surface area contributed by atoms with E-state index in [1.54, 1.807) is 0 Å².